The lowest BCUT2D eigenvalue weighted by molar-refractivity contribution is 0.215. The van der Waals surface area contributed by atoms with E-state index < -0.39 is 0 Å². The number of rotatable bonds is 2. The Morgan fingerprint density at radius 3 is 2.67 bits per heavy atom. The molecule has 0 aliphatic carbocycles. The second-order valence-corrected chi connectivity index (χ2v) is 6.83. The number of halogens is 1. The molecule has 1 fully saturated rings. The highest BCUT2D eigenvalue weighted by atomic mass is 79.9. The van der Waals surface area contributed by atoms with Crippen molar-refractivity contribution < 1.29 is 0 Å². The topological polar surface area (TPSA) is 15.3 Å². The monoisotopic (exact) mass is 310 g/mol. The normalized spacial score (nSPS) is 23.2. The molecule has 2 nitrogen and oxygen atoms in total. The summed E-state index contributed by atoms with van der Waals surface area (Å²) in [4.78, 5) is 2.50. The van der Waals surface area contributed by atoms with Gasteiger partial charge in [0.2, 0.25) is 0 Å². The molecule has 1 aromatic rings. The second kappa shape index (κ2) is 5.22. The lowest BCUT2D eigenvalue weighted by Gasteiger charge is -2.45. The molecule has 1 saturated heterocycles. The molecule has 0 amide bonds. The minimum Gasteiger partial charge on any atom is -0.371 e. The van der Waals surface area contributed by atoms with Gasteiger partial charge in [0.25, 0.3) is 0 Å². The molecule has 100 valence electrons. The molecule has 1 heterocycles. The molecule has 0 spiro atoms. The molecule has 0 bridgehead atoms. The van der Waals surface area contributed by atoms with Crippen LogP contribution in [-0.2, 0) is 0 Å². The van der Waals surface area contributed by atoms with Gasteiger partial charge in [-0.25, -0.2) is 0 Å². The van der Waals surface area contributed by atoms with Crippen LogP contribution in [0, 0.1) is 12.3 Å². The van der Waals surface area contributed by atoms with E-state index in [1.165, 1.54) is 22.1 Å². The number of piperidine rings is 1. The molecule has 3 heteroatoms. The van der Waals surface area contributed by atoms with Crippen molar-refractivity contribution in [2.24, 2.45) is 5.41 Å². The van der Waals surface area contributed by atoms with Gasteiger partial charge in [0.1, 0.15) is 0 Å². The summed E-state index contributed by atoms with van der Waals surface area (Å²) in [6.45, 7) is 9.07. The fourth-order valence-corrected chi connectivity index (χ4v) is 3.26. The van der Waals surface area contributed by atoms with Crippen molar-refractivity contribution in [2.75, 3.05) is 25.0 Å². The lowest BCUT2D eigenvalue weighted by atomic mass is 9.79. The highest BCUT2D eigenvalue weighted by Gasteiger charge is 2.34. The van der Waals surface area contributed by atoms with E-state index in [2.05, 4.69) is 72.2 Å². The molecule has 0 aromatic heterocycles. The Balaban J connectivity index is 2.18. The fourth-order valence-electron chi connectivity index (χ4n) is 2.89. The Bertz CT molecular complexity index is 429. The molecular weight excluding hydrogens is 288 g/mol. The maximum Gasteiger partial charge on any atom is 0.0377 e. The maximum absolute atomic E-state index is 3.63. The van der Waals surface area contributed by atoms with E-state index in [9.17, 15) is 0 Å². The standard InChI is InChI=1S/C15H23BrN2/c1-11-5-6-12(9-13(11)16)18-8-7-14(17-4)15(2,3)10-18/h5-6,9,14,17H,7-8,10H2,1-4H3. The van der Waals surface area contributed by atoms with Crippen molar-refractivity contribution in [1.29, 1.82) is 0 Å². The summed E-state index contributed by atoms with van der Waals surface area (Å²) in [7, 11) is 2.07. The van der Waals surface area contributed by atoms with Gasteiger partial charge in [-0.3, -0.25) is 0 Å². The SMILES string of the molecule is CNC1CCN(c2ccc(C)c(Br)c2)CC1(C)C. The van der Waals surface area contributed by atoms with Crippen LogP contribution in [0.4, 0.5) is 5.69 Å². The van der Waals surface area contributed by atoms with E-state index in [0.29, 0.717) is 11.5 Å². The largest absolute Gasteiger partial charge is 0.371 e. The molecule has 0 saturated carbocycles. The number of hydrogen-bond acceptors (Lipinski definition) is 2. The van der Waals surface area contributed by atoms with Crippen LogP contribution in [-0.4, -0.2) is 26.2 Å². The zero-order valence-electron chi connectivity index (χ0n) is 11.8. The molecule has 0 radical (unpaired) electrons. The minimum absolute atomic E-state index is 0.310. The average molecular weight is 311 g/mol. The Hall–Kier alpha value is -0.540. The number of anilines is 1. The van der Waals surface area contributed by atoms with Crippen LogP contribution in [0.5, 0.6) is 0 Å². The highest BCUT2D eigenvalue weighted by Crippen LogP contribution is 2.33. The Kier molecular flexibility index (Phi) is 4.02. The molecule has 1 aliphatic rings. The van der Waals surface area contributed by atoms with E-state index in [-0.39, 0.29) is 0 Å². The highest BCUT2D eigenvalue weighted by molar-refractivity contribution is 9.10. The molecule has 1 atom stereocenters. The maximum atomic E-state index is 3.63. The van der Waals surface area contributed by atoms with Gasteiger partial charge >= 0.3 is 0 Å². The predicted octanol–water partition coefficient (Wildman–Crippen LogP) is 3.58. The van der Waals surface area contributed by atoms with Crippen LogP contribution in [0.25, 0.3) is 0 Å². The number of benzene rings is 1. The third kappa shape index (κ3) is 2.72. The second-order valence-electron chi connectivity index (χ2n) is 5.97. The van der Waals surface area contributed by atoms with Gasteiger partial charge < -0.3 is 10.2 Å². The van der Waals surface area contributed by atoms with Crippen molar-refractivity contribution in [2.45, 2.75) is 33.2 Å². The van der Waals surface area contributed by atoms with Crippen LogP contribution in [0.2, 0.25) is 0 Å². The zero-order valence-corrected chi connectivity index (χ0v) is 13.3. The summed E-state index contributed by atoms with van der Waals surface area (Å²) >= 11 is 3.63. The summed E-state index contributed by atoms with van der Waals surface area (Å²) < 4.78 is 1.20. The van der Waals surface area contributed by atoms with E-state index >= 15 is 0 Å². The average Bonchev–Trinajstić information content (AvgIpc) is 2.31. The first-order valence-electron chi connectivity index (χ1n) is 6.62. The zero-order chi connectivity index (χ0) is 13.3. The van der Waals surface area contributed by atoms with E-state index in [1.54, 1.807) is 0 Å². The Labute approximate surface area is 119 Å². The Morgan fingerprint density at radius 1 is 1.39 bits per heavy atom. The molecular formula is C15H23BrN2. The van der Waals surface area contributed by atoms with Crippen LogP contribution in [0.3, 0.4) is 0 Å². The van der Waals surface area contributed by atoms with Crippen LogP contribution in [0.15, 0.2) is 22.7 Å². The molecule has 1 N–H and O–H groups in total. The molecule has 1 unspecified atom stereocenters. The third-order valence-corrected chi connectivity index (χ3v) is 4.95. The van der Waals surface area contributed by atoms with E-state index in [0.717, 1.165) is 13.1 Å². The molecule has 18 heavy (non-hydrogen) atoms. The van der Waals surface area contributed by atoms with Crippen molar-refractivity contribution >= 4 is 21.6 Å². The lowest BCUT2D eigenvalue weighted by Crippen LogP contribution is -2.53. The predicted molar refractivity (Wildman–Crippen MR) is 82.3 cm³/mol. The van der Waals surface area contributed by atoms with Crippen LogP contribution in [0.1, 0.15) is 25.8 Å². The summed E-state index contributed by atoms with van der Waals surface area (Å²) in [5, 5.41) is 3.45. The first-order chi connectivity index (χ1) is 8.44. The fraction of sp³-hybridized carbons (Fsp3) is 0.600. The first-order valence-corrected chi connectivity index (χ1v) is 7.42. The van der Waals surface area contributed by atoms with Crippen molar-refractivity contribution in [3.63, 3.8) is 0 Å². The molecule has 2 rings (SSSR count). The third-order valence-electron chi connectivity index (χ3n) is 4.10. The number of nitrogens with one attached hydrogen (secondary N) is 1. The number of nitrogens with zero attached hydrogens (tertiary/aromatic N) is 1. The van der Waals surface area contributed by atoms with Gasteiger partial charge in [-0.15, -0.1) is 0 Å². The van der Waals surface area contributed by atoms with Gasteiger partial charge in [0, 0.05) is 29.3 Å². The molecule has 1 aliphatic heterocycles. The first kappa shape index (κ1) is 13.9. The number of hydrogen-bond donors (Lipinski definition) is 1. The summed E-state index contributed by atoms with van der Waals surface area (Å²) in [6.07, 6.45) is 1.20. The van der Waals surface area contributed by atoms with Gasteiger partial charge in [0.05, 0.1) is 0 Å². The Morgan fingerprint density at radius 2 is 2.11 bits per heavy atom. The quantitative estimate of drug-likeness (QED) is 0.898. The minimum atomic E-state index is 0.310. The van der Waals surface area contributed by atoms with Crippen molar-refractivity contribution in [3.05, 3.63) is 28.2 Å². The van der Waals surface area contributed by atoms with Crippen molar-refractivity contribution in [1.82, 2.24) is 5.32 Å². The van der Waals surface area contributed by atoms with Crippen LogP contribution >= 0.6 is 15.9 Å². The summed E-state index contributed by atoms with van der Waals surface area (Å²) in [5.41, 5.74) is 2.93. The van der Waals surface area contributed by atoms with Gasteiger partial charge in [-0.1, -0.05) is 35.8 Å². The summed E-state index contributed by atoms with van der Waals surface area (Å²) in [6, 6.07) is 7.28. The van der Waals surface area contributed by atoms with Gasteiger partial charge in [-0.2, -0.15) is 0 Å². The summed E-state index contributed by atoms with van der Waals surface area (Å²) in [5.74, 6) is 0. The number of aryl methyl sites for hydroxylation is 1. The smallest absolute Gasteiger partial charge is 0.0377 e. The van der Waals surface area contributed by atoms with E-state index in [1.807, 2.05) is 0 Å². The van der Waals surface area contributed by atoms with Crippen molar-refractivity contribution in [3.8, 4) is 0 Å². The van der Waals surface area contributed by atoms with Crippen LogP contribution < -0.4 is 10.2 Å². The van der Waals surface area contributed by atoms with E-state index in [4.69, 9.17) is 0 Å². The molecule has 1 aromatic carbocycles. The van der Waals surface area contributed by atoms with Gasteiger partial charge in [-0.05, 0) is 43.5 Å². The van der Waals surface area contributed by atoms with Gasteiger partial charge in [0.15, 0.2) is 0 Å².